The van der Waals surface area contributed by atoms with Gasteiger partial charge in [-0.15, -0.1) is 0 Å². The van der Waals surface area contributed by atoms with Crippen LogP contribution in [0.4, 0.5) is 5.82 Å². The number of carbonyl (C=O) groups is 1. The summed E-state index contributed by atoms with van der Waals surface area (Å²) in [4.78, 5) is 27.1. The van der Waals surface area contributed by atoms with Gasteiger partial charge in [0.1, 0.15) is 11.6 Å². The Morgan fingerprint density at radius 3 is 2.56 bits per heavy atom. The van der Waals surface area contributed by atoms with E-state index in [0.717, 1.165) is 60.9 Å². The largest absolute Gasteiger partial charge is 0.356 e. The average Bonchev–Trinajstić information content (AvgIpc) is 3.23. The van der Waals surface area contributed by atoms with Gasteiger partial charge in [0.2, 0.25) is 5.91 Å². The minimum Gasteiger partial charge on any atom is -0.356 e. The molecule has 1 aromatic carbocycles. The number of aryl methyl sites for hydroxylation is 1. The van der Waals surface area contributed by atoms with Gasteiger partial charge in [-0.25, -0.2) is 9.97 Å². The van der Waals surface area contributed by atoms with Crippen LogP contribution in [0.3, 0.4) is 0 Å². The molecule has 0 N–H and O–H groups in total. The quantitative estimate of drug-likeness (QED) is 0.834. The second-order valence-electron chi connectivity index (χ2n) is 7.60. The van der Waals surface area contributed by atoms with Gasteiger partial charge in [0.15, 0.2) is 0 Å². The molecule has 0 radical (unpaired) electrons. The summed E-state index contributed by atoms with van der Waals surface area (Å²) in [5, 5.41) is 0. The van der Waals surface area contributed by atoms with Gasteiger partial charge in [0.05, 0.1) is 18.2 Å². The van der Waals surface area contributed by atoms with Crippen LogP contribution in [-0.4, -0.2) is 40.4 Å². The Morgan fingerprint density at radius 1 is 1.11 bits per heavy atom. The molecule has 1 amide bonds. The fraction of sp³-hybridized carbons (Fsp3) is 0.500. The Bertz CT molecular complexity index is 815. The highest BCUT2D eigenvalue weighted by molar-refractivity contribution is 5.84. The third-order valence-corrected chi connectivity index (χ3v) is 5.78. The van der Waals surface area contributed by atoms with E-state index in [1.54, 1.807) is 0 Å². The smallest absolute Gasteiger partial charge is 0.230 e. The standard InChI is InChI=1S/C22H28N4O/c1-3-18(17-9-5-4-6-10-17)22(27)26-14-11-20-19(15-26)21(24-16(2)23-20)25-12-7-8-13-25/h4-6,9-10,18H,3,7-8,11-15H2,1-2H3. The van der Waals surface area contributed by atoms with Gasteiger partial charge in [0.25, 0.3) is 0 Å². The second-order valence-corrected chi connectivity index (χ2v) is 7.60. The van der Waals surface area contributed by atoms with Gasteiger partial charge in [-0.3, -0.25) is 4.79 Å². The summed E-state index contributed by atoms with van der Waals surface area (Å²) >= 11 is 0. The molecule has 1 saturated heterocycles. The number of hydrogen-bond acceptors (Lipinski definition) is 4. The Labute approximate surface area is 161 Å². The molecule has 142 valence electrons. The van der Waals surface area contributed by atoms with Crippen molar-refractivity contribution in [3.8, 4) is 0 Å². The Hall–Kier alpha value is -2.43. The van der Waals surface area contributed by atoms with Crippen LogP contribution in [-0.2, 0) is 17.8 Å². The third-order valence-electron chi connectivity index (χ3n) is 5.78. The van der Waals surface area contributed by atoms with Crippen LogP contribution >= 0.6 is 0 Å². The topological polar surface area (TPSA) is 49.3 Å². The molecule has 27 heavy (non-hydrogen) atoms. The van der Waals surface area contributed by atoms with Gasteiger partial charge >= 0.3 is 0 Å². The molecule has 2 aromatic rings. The first-order valence-electron chi connectivity index (χ1n) is 10.1. The number of fused-ring (bicyclic) bond motifs is 1. The minimum atomic E-state index is -0.0747. The number of aromatic nitrogens is 2. The van der Waals surface area contributed by atoms with E-state index in [2.05, 4.69) is 28.9 Å². The van der Waals surface area contributed by atoms with E-state index in [0.29, 0.717) is 6.54 Å². The van der Waals surface area contributed by atoms with E-state index in [4.69, 9.17) is 4.98 Å². The molecule has 5 nitrogen and oxygen atoms in total. The predicted octanol–water partition coefficient (Wildman–Crippen LogP) is 3.46. The monoisotopic (exact) mass is 364 g/mol. The fourth-order valence-electron chi connectivity index (χ4n) is 4.35. The van der Waals surface area contributed by atoms with Gasteiger partial charge < -0.3 is 9.80 Å². The van der Waals surface area contributed by atoms with Gasteiger partial charge in [-0.1, -0.05) is 37.3 Å². The Kier molecular flexibility index (Phi) is 5.10. The van der Waals surface area contributed by atoms with Crippen molar-refractivity contribution < 1.29 is 4.79 Å². The molecule has 1 aromatic heterocycles. The average molecular weight is 364 g/mol. The first-order chi connectivity index (χ1) is 13.2. The molecule has 2 aliphatic rings. The van der Waals surface area contributed by atoms with Crippen LogP contribution in [0.5, 0.6) is 0 Å². The maximum absolute atomic E-state index is 13.3. The van der Waals surface area contributed by atoms with Crippen LogP contribution in [0.1, 0.15) is 54.7 Å². The molecule has 2 aliphatic heterocycles. The first-order valence-corrected chi connectivity index (χ1v) is 10.1. The fourth-order valence-corrected chi connectivity index (χ4v) is 4.35. The van der Waals surface area contributed by atoms with Gasteiger partial charge in [-0.2, -0.15) is 0 Å². The number of benzene rings is 1. The molecule has 5 heteroatoms. The molecule has 1 fully saturated rings. The molecule has 1 atom stereocenters. The van der Waals surface area contributed by atoms with Crippen molar-refractivity contribution in [1.29, 1.82) is 0 Å². The third kappa shape index (κ3) is 3.55. The van der Waals surface area contributed by atoms with Crippen molar-refractivity contribution in [3.63, 3.8) is 0 Å². The zero-order valence-corrected chi connectivity index (χ0v) is 16.3. The lowest BCUT2D eigenvalue weighted by Gasteiger charge is -2.33. The molecule has 3 heterocycles. The summed E-state index contributed by atoms with van der Waals surface area (Å²) < 4.78 is 0. The van der Waals surface area contributed by atoms with Crippen molar-refractivity contribution in [1.82, 2.24) is 14.9 Å². The normalized spacial score (nSPS) is 17.7. The molecular weight excluding hydrogens is 336 g/mol. The molecular formula is C22H28N4O. The second kappa shape index (κ2) is 7.67. The predicted molar refractivity (Wildman–Crippen MR) is 107 cm³/mol. The molecule has 4 rings (SSSR count). The van der Waals surface area contributed by atoms with Crippen LogP contribution in [0.2, 0.25) is 0 Å². The Balaban J connectivity index is 1.61. The van der Waals surface area contributed by atoms with E-state index in [-0.39, 0.29) is 11.8 Å². The number of rotatable bonds is 4. The number of carbonyl (C=O) groups excluding carboxylic acids is 1. The lowest BCUT2D eigenvalue weighted by atomic mass is 9.93. The molecule has 0 aliphatic carbocycles. The van der Waals surface area contributed by atoms with Crippen LogP contribution < -0.4 is 4.90 Å². The van der Waals surface area contributed by atoms with Gasteiger partial charge in [-0.05, 0) is 31.7 Å². The summed E-state index contributed by atoms with van der Waals surface area (Å²) in [6, 6.07) is 10.1. The van der Waals surface area contributed by atoms with E-state index in [1.165, 1.54) is 12.8 Å². The number of anilines is 1. The van der Waals surface area contributed by atoms with Crippen LogP contribution in [0.15, 0.2) is 30.3 Å². The summed E-state index contributed by atoms with van der Waals surface area (Å²) in [6.07, 6.45) is 4.06. The van der Waals surface area contributed by atoms with Gasteiger partial charge in [0, 0.05) is 31.6 Å². The highest BCUT2D eigenvalue weighted by atomic mass is 16.2. The SMILES string of the molecule is CCC(C(=O)N1CCc2nc(C)nc(N3CCCC3)c2C1)c1ccccc1. The van der Waals surface area contributed by atoms with Crippen LogP contribution in [0.25, 0.3) is 0 Å². The number of nitrogens with zero attached hydrogens (tertiary/aromatic N) is 4. The van der Waals surface area contributed by atoms with E-state index in [9.17, 15) is 4.79 Å². The van der Waals surface area contributed by atoms with Crippen molar-refractivity contribution in [2.24, 2.45) is 0 Å². The first kappa shape index (κ1) is 18.0. The van der Waals surface area contributed by atoms with E-state index >= 15 is 0 Å². The number of amides is 1. The highest BCUT2D eigenvalue weighted by Crippen LogP contribution is 2.31. The van der Waals surface area contributed by atoms with E-state index < -0.39 is 0 Å². The minimum absolute atomic E-state index is 0.0747. The zero-order valence-electron chi connectivity index (χ0n) is 16.3. The summed E-state index contributed by atoms with van der Waals surface area (Å²) in [5.41, 5.74) is 3.39. The number of hydrogen-bond donors (Lipinski definition) is 0. The van der Waals surface area contributed by atoms with Crippen molar-refractivity contribution in [2.45, 2.75) is 52.0 Å². The van der Waals surface area contributed by atoms with Crippen molar-refractivity contribution in [2.75, 3.05) is 24.5 Å². The lowest BCUT2D eigenvalue weighted by molar-refractivity contribution is -0.133. The maximum Gasteiger partial charge on any atom is 0.230 e. The van der Waals surface area contributed by atoms with E-state index in [1.807, 2.05) is 30.0 Å². The lowest BCUT2D eigenvalue weighted by Crippen LogP contribution is -2.40. The van der Waals surface area contributed by atoms with Crippen molar-refractivity contribution in [3.05, 3.63) is 53.0 Å². The highest BCUT2D eigenvalue weighted by Gasteiger charge is 2.31. The molecule has 1 unspecified atom stereocenters. The zero-order chi connectivity index (χ0) is 18.8. The van der Waals surface area contributed by atoms with Crippen LogP contribution in [0, 0.1) is 6.92 Å². The molecule has 0 spiro atoms. The molecule has 0 saturated carbocycles. The Morgan fingerprint density at radius 2 is 1.85 bits per heavy atom. The molecule has 0 bridgehead atoms. The van der Waals surface area contributed by atoms with Crippen molar-refractivity contribution >= 4 is 11.7 Å². The summed E-state index contributed by atoms with van der Waals surface area (Å²) in [5.74, 6) is 2.04. The summed E-state index contributed by atoms with van der Waals surface area (Å²) in [7, 11) is 0. The maximum atomic E-state index is 13.3. The summed E-state index contributed by atoms with van der Waals surface area (Å²) in [6.45, 7) is 7.54.